The first-order valence-electron chi connectivity index (χ1n) is 13.2. The van der Waals surface area contributed by atoms with Gasteiger partial charge in [0.25, 0.3) is 0 Å². The van der Waals surface area contributed by atoms with Crippen LogP contribution in [0, 0.1) is 5.82 Å². The number of carbonyl (C=O) groups excluding carboxylic acids is 1. The molecule has 5 heterocycles. The molecule has 3 aliphatic rings. The fourth-order valence-corrected chi connectivity index (χ4v) is 6.81. The number of nitrogen functional groups attached to an aromatic ring is 1. The van der Waals surface area contributed by atoms with Gasteiger partial charge in [-0.2, -0.15) is 0 Å². The van der Waals surface area contributed by atoms with Crippen LogP contribution in [-0.2, 0) is 0 Å². The number of hydrogen-bond acceptors (Lipinski definition) is 6. The van der Waals surface area contributed by atoms with Crippen LogP contribution in [0.15, 0.2) is 35.1 Å². The minimum absolute atomic E-state index is 0.107. The summed E-state index contributed by atoms with van der Waals surface area (Å²) in [5.74, 6) is -0.219. The molecule has 3 aliphatic heterocycles. The van der Waals surface area contributed by atoms with E-state index >= 15 is 0 Å². The lowest BCUT2D eigenvalue weighted by molar-refractivity contribution is 0.115. The lowest BCUT2D eigenvalue weighted by Gasteiger charge is -2.37. The van der Waals surface area contributed by atoms with Crippen molar-refractivity contribution in [1.82, 2.24) is 19.7 Å². The van der Waals surface area contributed by atoms with Crippen LogP contribution in [0.2, 0.25) is 10.0 Å². The predicted octanol–water partition coefficient (Wildman–Crippen LogP) is 5.98. The number of carbonyl (C=O) groups is 1. The van der Waals surface area contributed by atoms with Crippen molar-refractivity contribution in [1.29, 1.82) is 0 Å². The number of fused-ring (bicyclic) bond motifs is 3. The van der Waals surface area contributed by atoms with E-state index in [4.69, 9.17) is 38.1 Å². The number of ether oxygens (including phenoxy) is 1. The van der Waals surface area contributed by atoms with E-state index in [2.05, 4.69) is 27.8 Å². The van der Waals surface area contributed by atoms with Gasteiger partial charge in [-0.3, -0.25) is 4.90 Å². The number of furan rings is 1. The minimum atomic E-state index is -0.720. The summed E-state index contributed by atoms with van der Waals surface area (Å²) in [7, 11) is 0. The van der Waals surface area contributed by atoms with E-state index in [1.165, 1.54) is 12.1 Å². The maximum atomic E-state index is 14.1. The number of halogens is 3. The van der Waals surface area contributed by atoms with Crippen LogP contribution < -0.4 is 10.5 Å². The largest absolute Gasteiger partial charge is 0.478 e. The Kier molecular flexibility index (Phi) is 6.85. The predicted molar refractivity (Wildman–Crippen MR) is 150 cm³/mol. The number of likely N-dealkylation sites (tertiary alicyclic amines) is 2. The van der Waals surface area contributed by atoms with E-state index in [1.54, 1.807) is 19.4 Å². The molecule has 0 radical (unpaired) electrons. The van der Waals surface area contributed by atoms with Crippen molar-refractivity contribution in [2.24, 2.45) is 0 Å². The summed E-state index contributed by atoms with van der Waals surface area (Å²) in [5, 5.41) is 0.916. The van der Waals surface area contributed by atoms with Crippen molar-refractivity contribution in [3.63, 3.8) is 0 Å². The standard InChI is InChI=1S/C28H30Cl2FN5O3/c1-3-34-12-18-10-17(34)13-36(18)28(37)35-8-6-16(7-9-35)20-14-38-25-19(20)11-33-27(32)26(25)39-15(2)23-21(29)4-5-22(31)24(23)30/h4-6,11,14-15,17-18H,3,7-10,12-13H2,1-2H3,(H2,32,33)/t15-,17?,18?/m1/s1. The highest BCUT2D eigenvalue weighted by atomic mass is 35.5. The van der Waals surface area contributed by atoms with Gasteiger partial charge < -0.3 is 24.7 Å². The number of hydrogen-bond donors (Lipinski definition) is 1. The quantitative estimate of drug-likeness (QED) is 0.377. The summed E-state index contributed by atoms with van der Waals surface area (Å²) in [6, 6.07) is 3.57. The van der Waals surface area contributed by atoms with Gasteiger partial charge in [-0.1, -0.05) is 36.2 Å². The molecule has 3 aromatic rings. The Morgan fingerprint density at radius 1 is 1.31 bits per heavy atom. The number of nitrogens with zero attached hydrogens (tertiary/aromatic N) is 4. The van der Waals surface area contributed by atoms with E-state index in [9.17, 15) is 9.18 Å². The average molecular weight is 574 g/mol. The molecule has 2 N–H and O–H groups in total. The molecular weight excluding hydrogens is 544 g/mol. The smallest absolute Gasteiger partial charge is 0.320 e. The molecular formula is C28H30Cl2FN5O3. The molecule has 2 unspecified atom stereocenters. The molecule has 2 amide bonds. The van der Waals surface area contributed by atoms with Gasteiger partial charge in [0.05, 0.1) is 16.7 Å². The maximum Gasteiger partial charge on any atom is 0.320 e. The monoisotopic (exact) mass is 573 g/mol. The average Bonchev–Trinajstić information content (AvgIpc) is 3.67. The van der Waals surface area contributed by atoms with Crippen LogP contribution in [0.3, 0.4) is 0 Å². The molecule has 1 aromatic carbocycles. The van der Waals surface area contributed by atoms with Gasteiger partial charge in [-0.25, -0.2) is 14.2 Å². The fourth-order valence-electron chi connectivity index (χ4n) is 6.13. The third kappa shape index (κ3) is 4.50. The zero-order valence-corrected chi connectivity index (χ0v) is 23.3. The van der Waals surface area contributed by atoms with Gasteiger partial charge in [0.2, 0.25) is 5.75 Å². The van der Waals surface area contributed by atoms with Gasteiger partial charge in [-0.05, 0) is 44.0 Å². The first-order valence-corrected chi connectivity index (χ1v) is 14.0. The number of nitrogens with two attached hydrogens (primary N) is 1. The number of aromatic nitrogens is 1. The summed E-state index contributed by atoms with van der Waals surface area (Å²) in [6.07, 6.45) is 6.43. The molecule has 0 saturated carbocycles. The first-order chi connectivity index (χ1) is 18.8. The van der Waals surface area contributed by atoms with Crippen LogP contribution >= 0.6 is 23.2 Å². The lowest BCUT2D eigenvalue weighted by atomic mass is 9.99. The first kappa shape index (κ1) is 26.2. The number of anilines is 1. The van der Waals surface area contributed by atoms with Gasteiger partial charge >= 0.3 is 6.03 Å². The maximum absolute atomic E-state index is 14.1. The molecule has 2 aromatic heterocycles. The summed E-state index contributed by atoms with van der Waals surface area (Å²) in [4.78, 5) is 24.0. The van der Waals surface area contributed by atoms with E-state index in [1.807, 2.05) is 4.90 Å². The molecule has 3 atom stereocenters. The van der Waals surface area contributed by atoms with Crippen molar-refractivity contribution < 1.29 is 18.3 Å². The molecule has 2 fully saturated rings. The topological polar surface area (TPSA) is 88.1 Å². The van der Waals surface area contributed by atoms with Crippen LogP contribution in [0.4, 0.5) is 15.0 Å². The van der Waals surface area contributed by atoms with Gasteiger partial charge in [0.15, 0.2) is 11.4 Å². The number of pyridine rings is 1. The number of piperazine rings is 1. The molecule has 2 bridgehead atoms. The van der Waals surface area contributed by atoms with Crippen molar-refractivity contribution in [2.45, 2.75) is 44.9 Å². The van der Waals surface area contributed by atoms with Gasteiger partial charge in [-0.15, -0.1) is 0 Å². The van der Waals surface area contributed by atoms with E-state index in [0.29, 0.717) is 42.7 Å². The Morgan fingerprint density at radius 2 is 2.13 bits per heavy atom. The second-order valence-electron chi connectivity index (χ2n) is 10.4. The molecule has 6 rings (SSSR count). The molecule has 8 nitrogen and oxygen atoms in total. The van der Waals surface area contributed by atoms with Crippen molar-refractivity contribution in [2.75, 3.05) is 38.5 Å². The summed E-state index contributed by atoms with van der Waals surface area (Å²) >= 11 is 12.5. The number of amides is 2. The Hall–Kier alpha value is -3.01. The van der Waals surface area contributed by atoms with Crippen molar-refractivity contribution in [3.05, 3.63) is 57.7 Å². The Bertz CT molecular complexity index is 1480. The normalized spacial score (nSPS) is 22.0. The highest BCUT2D eigenvalue weighted by Gasteiger charge is 2.45. The number of rotatable bonds is 5. The Labute approximate surface area is 236 Å². The molecule has 39 heavy (non-hydrogen) atoms. The summed E-state index contributed by atoms with van der Waals surface area (Å²) in [5.41, 5.74) is 8.85. The summed E-state index contributed by atoms with van der Waals surface area (Å²) < 4.78 is 26.1. The summed E-state index contributed by atoms with van der Waals surface area (Å²) in [6.45, 7) is 7.87. The van der Waals surface area contributed by atoms with Crippen LogP contribution in [0.5, 0.6) is 5.75 Å². The zero-order valence-electron chi connectivity index (χ0n) is 21.8. The minimum Gasteiger partial charge on any atom is -0.478 e. The van der Waals surface area contributed by atoms with Crippen LogP contribution in [0.25, 0.3) is 16.5 Å². The highest BCUT2D eigenvalue weighted by Crippen LogP contribution is 2.41. The molecule has 0 aliphatic carbocycles. The van der Waals surface area contributed by atoms with E-state index in [-0.39, 0.29) is 27.6 Å². The number of benzene rings is 1. The SMILES string of the molecule is CCN1CC2CC1CN2C(=O)N1CC=C(c2coc3c(O[C@H](C)c4c(Cl)ccc(F)c4Cl)c(N)ncc23)CC1. The van der Waals surface area contributed by atoms with Crippen molar-refractivity contribution >= 4 is 51.6 Å². The Balaban J connectivity index is 1.21. The van der Waals surface area contributed by atoms with E-state index in [0.717, 1.165) is 42.6 Å². The third-order valence-electron chi connectivity index (χ3n) is 8.21. The second-order valence-corrected chi connectivity index (χ2v) is 11.2. The highest BCUT2D eigenvalue weighted by molar-refractivity contribution is 6.36. The number of urea groups is 1. The number of likely N-dealkylation sites (N-methyl/N-ethyl adjacent to an activating group) is 1. The van der Waals surface area contributed by atoms with Crippen molar-refractivity contribution in [3.8, 4) is 5.75 Å². The van der Waals surface area contributed by atoms with Gasteiger partial charge in [0.1, 0.15) is 11.9 Å². The van der Waals surface area contributed by atoms with Crippen LogP contribution in [-0.4, -0.2) is 70.5 Å². The molecule has 11 heteroatoms. The zero-order chi connectivity index (χ0) is 27.4. The fraction of sp³-hybridized carbons (Fsp3) is 0.429. The Morgan fingerprint density at radius 3 is 2.82 bits per heavy atom. The molecule has 2 saturated heterocycles. The molecule has 206 valence electrons. The van der Waals surface area contributed by atoms with Gasteiger partial charge in [0, 0.05) is 60.6 Å². The van der Waals surface area contributed by atoms with E-state index < -0.39 is 11.9 Å². The molecule has 0 spiro atoms. The second kappa shape index (κ2) is 10.2. The lowest BCUT2D eigenvalue weighted by Crippen LogP contribution is -2.53. The third-order valence-corrected chi connectivity index (χ3v) is 8.93. The van der Waals surface area contributed by atoms with Crippen LogP contribution in [0.1, 0.15) is 43.9 Å².